The van der Waals surface area contributed by atoms with Crippen molar-refractivity contribution < 1.29 is 13.0 Å². The van der Waals surface area contributed by atoms with Crippen molar-refractivity contribution in [1.29, 1.82) is 0 Å². The van der Waals surface area contributed by atoms with E-state index in [9.17, 15) is 13.2 Å². The third-order valence-electron chi connectivity index (χ3n) is 6.03. The van der Waals surface area contributed by atoms with E-state index >= 15 is 0 Å². The Morgan fingerprint density at radius 3 is 1.67 bits per heavy atom. The van der Waals surface area contributed by atoms with Gasteiger partial charge in [0.2, 0.25) is 0 Å². The van der Waals surface area contributed by atoms with E-state index in [1.807, 2.05) is 95.6 Å². The molecule has 184 valence electrons. The summed E-state index contributed by atoms with van der Waals surface area (Å²) >= 11 is 0. The molecule has 6 nitrogen and oxygen atoms in total. The molecule has 0 atom stereocenters. The van der Waals surface area contributed by atoms with Gasteiger partial charge in [-0.1, -0.05) is 98.1 Å². The molecule has 0 saturated heterocycles. The molecule has 0 amide bonds. The van der Waals surface area contributed by atoms with Crippen molar-refractivity contribution in [3.63, 3.8) is 0 Å². The van der Waals surface area contributed by atoms with Gasteiger partial charge in [-0.3, -0.25) is 13.7 Å². The van der Waals surface area contributed by atoms with Crippen LogP contribution in [-0.2, 0) is 16.7 Å². The fourth-order valence-corrected chi connectivity index (χ4v) is 4.97. The predicted molar refractivity (Wildman–Crippen MR) is 148 cm³/mol. The summed E-state index contributed by atoms with van der Waals surface area (Å²) in [5, 5.41) is 0. The van der Waals surface area contributed by atoms with E-state index in [1.54, 1.807) is 4.57 Å². The SMILES string of the molecule is O=c1n(CCCCCCCS(=O)(=O)O)c(-c2ccccc2)c(-c2ccccc2)n1-c1ccccc1.[NaH]. The quantitative estimate of drug-likeness (QED) is 0.170. The Hall–Kier alpha value is -2.42. The zero-order chi connectivity index (χ0) is 24.7. The van der Waals surface area contributed by atoms with Crippen molar-refractivity contribution in [3.8, 4) is 28.2 Å². The molecule has 0 spiro atoms. The summed E-state index contributed by atoms with van der Waals surface area (Å²) in [5.74, 6) is -0.203. The Labute approximate surface area is 234 Å². The van der Waals surface area contributed by atoms with Crippen molar-refractivity contribution in [2.75, 3.05) is 5.75 Å². The van der Waals surface area contributed by atoms with Crippen molar-refractivity contribution in [1.82, 2.24) is 9.13 Å². The summed E-state index contributed by atoms with van der Waals surface area (Å²) in [6.07, 6.45) is 3.66. The summed E-state index contributed by atoms with van der Waals surface area (Å²) in [4.78, 5) is 13.9. The van der Waals surface area contributed by atoms with Gasteiger partial charge in [0.1, 0.15) is 0 Å². The molecule has 4 aromatic rings. The van der Waals surface area contributed by atoms with Gasteiger partial charge in [-0.05, 0) is 25.0 Å². The summed E-state index contributed by atoms with van der Waals surface area (Å²) < 4.78 is 34.3. The number of para-hydroxylation sites is 1. The summed E-state index contributed by atoms with van der Waals surface area (Å²) in [7, 11) is -3.90. The number of benzene rings is 3. The second-order valence-electron chi connectivity index (χ2n) is 8.59. The zero-order valence-corrected chi connectivity index (χ0v) is 20.4. The fourth-order valence-electron chi connectivity index (χ4n) is 4.40. The molecule has 0 fully saturated rings. The molecule has 0 aliphatic rings. The van der Waals surface area contributed by atoms with Crippen LogP contribution in [0.25, 0.3) is 28.2 Å². The average Bonchev–Trinajstić information content (AvgIpc) is 3.16. The Bertz CT molecular complexity index is 1400. The third kappa shape index (κ3) is 7.08. The fraction of sp³-hybridized carbons (Fsp3) is 0.250. The normalized spacial score (nSPS) is 11.2. The molecule has 0 unspecified atom stereocenters. The zero-order valence-electron chi connectivity index (χ0n) is 19.6. The maximum absolute atomic E-state index is 13.9. The van der Waals surface area contributed by atoms with E-state index in [-0.39, 0.29) is 41.0 Å². The van der Waals surface area contributed by atoms with E-state index < -0.39 is 10.1 Å². The van der Waals surface area contributed by atoms with Crippen LogP contribution in [0, 0.1) is 0 Å². The average molecular weight is 515 g/mol. The maximum atomic E-state index is 13.9. The Kier molecular flexibility index (Phi) is 10.3. The first kappa shape index (κ1) is 28.2. The molecule has 1 aromatic heterocycles. The van der Waals surface area contributed by atoms with Crippen LogP contribution in [0.3, 0.4) is 0 Å². The van der Waals surface area contributed by atoms with Crippen molar-refractivity contribution >= 4 is 39.7 Å². The Morgan fingerprint density at radius 1 is 0.639 bits per heavy atom. The van der Waals surface area contributed by atoms with E-state index in [2.05, 4.69) is 0 Å². The molecule has 0 saturated carbocycles. The number of nitrogens with zero attached hydrogens (tertiary/aromatic N) is 2. The van der Waals surface area contributed by atoms with Gasteiger partial charge >= 0.3 is 35.2 Å². The number of hydrogen-bond acceptors (Lipinski definition) is 3. The van der Waals surface area contributed by atoms with Crippen LogP contribution >= 0.6 is 0 Å². The van der Waals surface area contributed by atoms with Gasteiger partial charge in [-0.25, -0.2) is 4.79 Å². The van der Waals surface area contributed by atoms with Crippen LogP contribution < -0.4 is 5.69 Å². The molecule has 0 aliphatic carbocycles. The van der Waals surface area contributed by atoms with Gasteiger partial charge < -0.3 is 0 Å². The first-order chi connectivity index (χ1) is 17.0. The van der Waals surface area contributed by atoms with Crippen molar-refractivity contribution in [2.45, 2.75) is 38.6 Å². The molecule has 8 heteroatoms. The van der Waals surface area contributed by atoms with Crippen LogP contribution in [0.2, 0.25) is 0 Å². The molecule has 3 aromatic carbocycles. The van der Waals surface area contributed by atoms with Gasteiger partial charge in [0.15, 0.2) is 0 Å². The number of hydrogen-bond donors (Lipinski definition) is 1. The summed E-state index contributed by atoms with van der Waals surface area (Å²) in [6.45, 7) is 0.557. The van der Waals surface area contributed by atoms with Crippen LogP contribution in [-0.4, -0.2) is 57.4 Å². The number of aromatic nitrogens is 2. The topological polar surface area (TPSA) is 81.3 Å². The van der Waals surface area contributed by atoms with Crippen LogP contribution in [0.15, 0.2) is 95.8 Å². The van der Waals surface area contributed by atoms with E-state index in [0.717, 1.165) is 53.9 Å². The van der Waals surface area contributed by atoms with Crippen molar-refractivity contribution in [2.24, 2.45) is 0 Å². The Morgan fingerprint density at radius 2 is 1.11 bits per heavy atom. The first-order valence-corrected chi connectivity index (χ1v) is 13.5. The van der Waals surface area contributed by atoms with E-state index in [0.29, 0.717) is 13.0 Å². The van der Waals surface area contributed by atoms with Gasteiger partial charge in [-0.15, -0.1) is 0 Å². The second-order valence-corrected chi connectivity index (χ2v) is 10.2. The van der Waals surface area contributed by atoms with Gasteiger partial charge in [0, 0.05) is 17.7 Å². The molecule has 1 heterocycles. The molecule has 36 heavy (non-hydrogen) atoms. The number of imidazole rings is 1. The van der Waals surface area contributed by atoms with Gasteiger partial charge in [0.05, 0.1) is 22.8 Å². The minimum atomic E-state index is -3.90. The summed E-state index contributed by atoms with van der Waals surface area (Å²) in [5.41, 5.74) is 4.43. The molecule has 0 radical (unpaired) electrons. The number of unbranched alkanes of at least 4 members (excludes halogenated alkanes) is 4. The third-order valence-corrected chi connectivity index (χ3v) is 6.84. The van der Waals surface area contributed by atoms with Crippen molar-refractivity contribution in [3.05, 3.63) is 101 Å². The van der Waals surface area contributed by atoms with E-state index in [4.69, 9.17) is 4.55 Å². The second kappa shape index (κ2) is 13.2. The molecule has 0 bridgehead atoms. The Balaban J connectivity index is 0.00000361. The molecule has 0 aliphatic heterocycles. The van der Waals surface area contributed by atoms with Crippen LogP contribution in [0.5, 0.6) is 0 Å². The van der Waals surface area contributed by atoms with E-state index in [1.165, 1.54) is 0 Å². The molecular formula is C28H31N2NaO4S. The standard InChI is InChI=1S/C28H30N2O4S.Na.H/c31-28-29(21-13-2-1-3-14-22-35(32,33)34)26(23-15-7-4-8-16-23)27(24-17-9-5-10-18-24)30(28)25-19-11-6-12-20-25;;/h4-12,15-20H,1-3,13-14,21-22H2,(H,32,33,34);;. The minimum absolute atomic E-state index is 0. The monoisotopic (exact) mass is 514 g/mol. The van der Waals surface area contributed by atoms with Gasteiger partial charge in [0.25, 0.3) is 10.1 Å². The number of rotatable bonds is 11. The molecule has 4 rings (SSSR count). The van der Waals surface area contributed by atoms with Gasteiger partial charge in [-0.2, -0.15) is 8.42 Å². The molecule has 1 N–H and O–H groups in total. The predicted octanol–water partition coefficient (Wildman–Crippen LogP) is 5.16. The molecular weight excluding hydrogens is 483 g/mol. The van der Waals surface area contributed by atoms with Crippen LogP contribution in [0.1, 0.15) is 32.1 Å². The summed E-state index contributed by atoms with van der Waals surface area (Å²) in [6, 6.07) is 29.7. The van der Waals surface area contributed by atoms with Crippen LogP contribution in [0.4, 0.5) is 0 Å². The first-order valence-electron chi connectivity index (χ1n) is 11.9.